The lowest BCUT2D eigenvalue weighted by Crippen LogP contribution is -2.46. The van der Waals surface area contributed by atoms with Crippen molar-refractivity contribution in [2.75, 3.05) is 23.0 Å². The van der Waals surface area contributed by atoms with Crippen LogP contribution in [0.1, 0.15) is 13.3 Å². The Labute approximate surface area is 158 Å². The maximum absolute atomic E-state index is 12.8. The summed E-state index contributed by atoms with van der Waals surface area (Å²) in [5.41, 5.74) is 0.894. The number of carbonyl (C=O) groups excluding carboxylic acids is 1. The van der Waals surface area contributed by atoms with Gasteiger partial charge in [0.25, 0.3) is 0 Å². The SMILES string of the molecule is CCC(C(=O)Nc1ccc(OC)c(Cl)c1)N(c1ccccc1)S(C)(=O)=O. The Morgan fingerprint density at radius 1 is 1.23 bits per heavy atom. The summed E-state index contributed by atoms with van der Waals surface area (Å²) in [4.78, 5) is 12.8. The van der Waals surface area contributed by atoms with Crippen molar-refractivity contribution in [2.24, 2.45) is 0 Å². The van der Waals surface area contributed by atoms with E-state index in [1.165, 1.54) is 7.11 Å². The van der Waals surface area contributed by atoms with Crippen LogP contribution < -0.4 is 14.4 Å². The molecule has 8 heteroatoms. The van der Waals surface area contributed by atoms with E-state index in [4.69, 9.17) is 16.3 Å². The van der Waals surface area contributed by atoms with E-state index in [9.17, 15) is 13.2 Å². The second kappa shape index (κ2) is 8.42. The summed E-state index contributed by atoms with van der Waals surface area (Å²) < 4.78 is 30.9. The molecule has 0 bridgehead atoms. The predicted molar refractivity (Wildman–Crippen MR) is 104 cm³/mol. The molecule has 0 aliphatic carbocycles. The molecule has 26 heavy (non-hydrogen) atoms. The molecule has 0 aliphatic rings. The third kappa shape index (κ3) is 4.68. The van der Waals surface area contributed by atoms with Crippen molar-refractivity contribution < 1.29 is 17.9 Å². The predicted octanol–water partition coefficient (Wildman–Crippen LogP) is 3.53. The zero-order chi connectivity index (χ0) is 19.3. The zero-order valence-corrected chi connectivity index (χ0v) is 16.3. The number of nitrogens with one attached hydrogen (secondary N) is 1. The molecular weight excluding hydrogens is 376 g/mol. The number of benzene rings is 2. The number of hydrogen-bond donors (Lipinski definition) is 1. The number of halogens is 1. The molecule has 2 rings (SSSR count). The van der Waals surface area contributed by atoms with Crippen LogP contribution >= 0.6 is 11.6 Å². The Morgan fingerprint density at radius 3 is 2.38 bits per heavy atom. The first kappa shape index (κ1) is 20.1. The molecule has 0 aromatic heterocycles. The molecule has 0 saturated heterocycles. The van der Waals surface area contributed by atoms with E-state index in [0.29, 0.717) is 28.6 Å². The van der Waals surface area contributed by atoms with E-state index in [1.807, 2.05) is 0 Å². The number of anilines is 2. The maximum atomic E-state index is 12.8. The summed E-state index contributed by atoms with van der Waals surface area (Å²) in [7, 11) is -2.16. The molecule has 0 saturated carbocycles. The Kier molecular flexibility index (Phi) is 6.50. The van der Waals surface area contributed by atoms with Crippen LogP contribution in [0.5, 0.6) is 5.75 Å². The minimum atomic E-state index is -3.66. The summed E-state index contributed by atoms with van der Waals surface area (Å²) in [5, 5.41) is 3.07. The molecule has 1 N–H and O–H groups in total. The molecule has 0 aliphatic heterocycles. The number of methoxy groups -OCH3 is 1. The second-order valence-electron chi connectivity index (χ2n) is 5.66. The lowest BCUT2D eigenvalue weighted by molar-refractivity contribution is -0.117. The highest BCUT2D eigenvalue weighted by molar-refractivity contribution is 7.92. The molecule has 6 nitrogen and oxygen atoms in total. The Balaban J connectivity index is 2.32. The largest absolute Gasteiger partial charge is 0.495 e. The van der Waals surface area contributed by atoms with Gasteiger partial charge in [-0.1, -0.05) is 36.7 Å². The van der Waals surface area contributed by atoms with Crippen molar-refractivity contribution in [3.8, 4) is 5.75 Å². The zero-order valence-electron chi connectivity index (χ0n) is 14.8. The van der Waals surface area contributed by atoms with Crippen molar-refractivity contribution in [3.05, 3.63) is 53.6 Å². The average Bonchev–Trinajstić information content (AvgIpc) is 2.59. The van der Waals surface area contributed by atoms with E-state index in [0.717, 1.165) is 10.6 Å². The van der Waals surface area contributed by atoms with Crippen LogP contribution in [0.25, 0.3) is 0 Å². The molecule has 0 radical (unpaired) electrons. The van der Waals surface area contributed by atoms with Crippen molar-refractivity contribution in [2.45, 2.75) is 19.4 Å². The first-order valence-corrected chi connectivity index (χ1v) is 10.2. The molecule has 1 atom stereocenters. The topological polar surface area (TPSA) is 75.7 Å². The van der Waals surface area contributed by atoms with Gasteiger partial charge in [0.1, 0.15) is 11.8 Å². The summed E-state index contributed by atoms with van der Waals surface area (Å²) in [5.74, 6) is 0.0433. The quantitative estimate of drug-likeness (QED) is 0.776. The van der Waals surface area contributed by atoms with Gasteiger partial charge in [0.2, 0.25) is 15.9 Å². The third-order valence-electron chi connectivity index (χ3n) is 3.76. The highest BCUT2D eigenvalue weighted by atomic mass is 35.5. The Morgan fingerprint density at radius 2 is 1.88 bits per heavy atom. The van der Waals surface area contributed by atoms with Gasteiger partial charge in [0.05, 0.1) is 24.1 Å². The number of nitrogens with zero attached hydrogens (tertiary/aromatic N) is 1. The normalized spacial score (nSPS) is 12.3. The molecule has 140 valence electrons. The molecule has 2 aromatic rings. The van der Waals surface area contributed by atoms with Crippen molar-refractivity contribution in [1.82, 2.24) is 0 Å². The van der Waals surface area contributed by atoms with Gasteiger partial charge in [0, 0.05) is 5.69 Å². The number of carbonyl (C=O) groups is 1. The minimum Gasteiger partial charge on any atom is -0.495 e. The standard InChI is InChI=1S/C18H21ClN2O4S/c1-4-16(21(26(3,23)24)14-8-6-5-7-9-14)18(22)20-13-10-11-17(25-2)15(19)12-13/h5-12,16H,4H2,1-3H3,(H,20,22). The van der Waals surface area contributed by atoms with Gasteiger partial charge in [-0.05, 0) is 36.8 Å². The van der Waals surface area contributed by atoms with Crippen LogP contribution in [0.2, 0.25) is 5.02 Å². The first-order chi connectivity index (χ1) is 12.3. The summed E-state index contributed by atoms with van der Waals surface area (Å²) >= 11 is 6.07. The van der Waals surface area contributed by atoms with Crippen LogP contribution in [-0.4, -0.2) is 33.7 Å². The van der Waals surface area contributed by atoms with Gasteiger partial charge in [-0.3, -0.25) is 9.10 Å². The van der Waals surface area contributed by atoms with Gasteiger partial charge < -0.3 is 10.1 Å². The van der Waals surface area contributed by atoms with E-state index >= 15 is 0 Å². The van der Waals surface area contributed by atoms with Crippen LogP contribution in [0.15, 0.2) is 48.5 Å². The van der Waals surface area contributed by atoms with Gasteiger partial charge >= 0.3 is 0 Å². The number of para-hydroxylation sites is 1. The molecule has 0 fully saturated rings. The summed E-state index contributed by atoms with van der Waals surface area (Å²) in [6.07, 6.45) is 1.39. The van der Waals surface area contributed by atoms with E-state index in [2.05, 4.69) is 5.32 Å². The Bertz CT molecular complexity index is 872. The molecule has 1 unspecified atom stereocenters. The van der Waals surface area contributed by atoms with Crippen LogP contribution in [0.4, 0.5) is 11.4 Å². The fourth-order valence-electron chi connectivity index (χ4n) is 2.60. The summed E-state index contributed by atoms with van der Waals surface area (Å²) in [6.45, 7) is 1.76. The van der Waals surface area contributed by atoms with Gasteiger partial charge in [-0.15, -0.1) is 0 Å². The lowest BCUT2D eigenvalue weighted by atomic mass is 10.2. The molecule has 0 heterocycles. The molecule has 2 aromatic carbocycles. The first-order valence-electron chi connectivity index (χ1n) is 7.96. The van der Waals surface area contributed by atoms with Gasteiger partial charge in [-0.2, -0.15) is 0 Å². The van der Waals surface area contributed by atoms with Crippen molar-refractivity contribution in [3.63, 3.8) is 0 Å². The smallest absolute Gasteiger partial charge is 0.248 e. The Hall–Kier alpha value is -2.25. The number of sulfonamides is 1. The fourth-order valence-corrected chi connectivity index (χ4v) is 4.07. The van der Waals surface area contributed by atoms with Crippen LogP contribution in [-0.2, 0) is 14.8 Å². The monoisotopic (exact) mass is 396 g/mol. The third-order valence-corrected chi connectivity index (χ3v) is 5.23. The van der Waals surface area contributed by atoms with E-state index in [-0.39, 0.29) is 0 Å². The average molecular weight is 397 g/mol. The maximum Gasteiger partial charge on any atom is 0.248 e. The van der Waals surface area contributed by atoms with E-state index in [1.54, 1.807) is 55.5 Å². The van der Waals surface area contributed by atoms with Gasteiger partial charge in [0.15, 0.2) is 0 Å². The number of rotatable bonds is 7. The molecular formula is C18H21ClN2O4S. The lowest BCUT2D eigenvalue weighted by Gasteiger charge is -2.30. The number of hydrogen-bond acceptors (Lipinski definition) is 4. The highest BCUT2D eigenvalue weighted by Crippen LogP contribution is 2.28. The minimum absolute atomic E-state index is 0.303. The van der Waals surface area contributed by atoms with E-state index < -0.39 is 22.0 Å². The van der Waals surface area contributed by atoms with Crippen molar-refractivity contribution in [1.29, 1.82) is 0 Å². The summed E-state index contributed by atoms with van der Waals surface area (Å²) in [6, 6.07) is 12.5. The second-order valence-corrected chi connectivity index (χ2v) is 7.92. The molecule has 1 amide bonds. The van der Waals surface area contributed by atoms with Crippen LogP contribution in [0.3, 0.4) is 0 Å². The number of amides is 1. The van der Waals surface area contributed by atoms with Gasteiger partial charge in [-0.25, -0.2) is 8.42 Å². The van der Waals surface area contributed by atoms with Crippen LogP contribution in [0, 0.1) is 0 Å². The fraction of sp³-hybridized carbons (Fsp3) is 0.278. The highest BCUT2D eigenvalue weighted by Gasteiger charge is 2.31. The number of ether oxygens (including phenoxy) is 1. The molecule has 0 spiro atoms. The van der Waals surface area contributed by atoms with Crippen molar-refractivity contribution >= 4 is 38.9 Å².